The predicted octanol–water partition coefficient (Wildman–Crippen LogP) is 3.12. The third-order valence-electron chi connectivity index (χ3n) is 5.36. The molecule has 1 unspecified atom stereocenters. The Morgan fingerprint density at radius 3 is 2.50 bits per heavy atom. The molecule has 2 aromatic rings. The van der Waals surface area contributed by atoms with Gasteiger partial charge in [-0.25, -0.2) is 0 Å². The second-order valence-electron chi connectivity index (χ2n) is 7.20. The predicted molar refractivity (Wildman–Crippen MR) is 99.6 cm³/mol. The number of hydrogen-bond donors (Lipinski definition) is 0. The normalized spacial score (nSPS) is 21.2. The third-order valence-corrected chi connectivity index (χ3v) is 5.36. The molecule has 0 aromatic heterocycles. The van der Waals surface area contributed by atoms with Crippen LogP contribution in [0, 0.1) is 0 Å². The van der Waals surface area contributed by atoms with Crippen molar-refractivity contribution in [2.75, 3.05) is 7.05 Å². The van der Waals surface area contributed by atoms with Gasteiger partial charge >= 0.3 is 0 Å². The summed E-state index contributed by atoms with van der Waals surface area (Å²) in [5.74, 6) is 0. The van der Waals surface area contributed by atoms with Gasteiger partial charge in [0.1, 0.15) is 7.05 Å². The van der Waals surface area contributed by atoms with E-state index in [0.717, 1.165) is 5.36 Å². The van der Waals surface area contributed by atoms with Gasteiger partial charge in [0.2, 0.25) is 5.69 Å². The molecule has 1 atom stereocenters. The van der Waals surface area contributed by atoms with Crippen molar-refractivity contribution in [1.82, 2.24) is 0 Å². The fraction of sp³-hybridized carbons (Fsp3) is 0.273. The van der Waals surface area contributed by atoms with E-state index < -0.39 is 0 Å². The maximum absolute atomic E-state index is 4.76. The van der Waals surface area contributed by atoms with Crippen LogP contribution in [0.3, 0.4) is 0 Å². The summed E-state index contributed by atoms with van der Waals surface area (Å²) in [5.41, 5.74) is 5.34. The summed E-state index contributed by atoms with van der Waals surface area (Å²) in [4.78, 5) is 4.76. The SMILES string of the molecule is CC1N=c2ccccc2=C1/C=C/C1=[N+](C)c2ccccc2C1(C)C. The highest BCUT2D eigenvalue weighted by molar-refractivity contribution is 6.04. The van der Waals surface area contributed by atoms with Gasteiger partial charge in [0.05, 0.1) is 16.8 Å². The number of hydrogen-bond acceptors (Lipinski definition) is 1. The molecule has 2 nitrogen and oxygen atoms in total. The lowest BCUT2D eigenvalue weighted by Gasteiger charge is -2.15. The number of allylic oxidation sites excluding steroid dienone is 1. The number of benzene rings is 2. The molecule has 0 bridgehead atoms. The molecule has 2 aromatic carbocycles. The zero-order chi connectivity index (χ0) is 16.9. The second kappa shape index (κ2) is 5.27. The highest BCUT2D eigenvalue weighted by atomic mass is 15.0. The van der Waals surface area contributed by atoms with Crippen LogP contribution in [0.1, 0.15) is 26.3 Å². The van der Waals surface area contributed by atoms with Gasteiger partial charge < -0.3 is 0 Å². The van der Waals surface area contributed by atoms with Crippen molar-refractivity contribution in [2.24, 2.45) is 4.99 Å². The van der Waals surface area contributed by atoms with Crippen LogP contribution >= 0.6 is 0 Å². The highest BCUT2D eigenvalue weighted by Crippen LogP contribution is 2.39. The molecule has 4 rings (SSSR count). The Kier molecular flexibility index (Phi) is 3.31. The fourth-order valence-electron chi connectivity index (χ4n) is 4.03. The van der Waals surface area contributed by atoms with E-state index in [0.29, 0.717) is 0 Å². The number of para-hydroxylation sites is 2. The van der Waals surface area contributed by atoms with Crippen molar-refractivity contribution in [1.29, 1.82) is 0 Å². The average molecular weight is 315 g/mol. The largest absolute Gasteiger partial charge is 0.277 e. The molecule has 0 amide bonds. The monoisotopic (exact) mass is 315 g/mol. The van der Waals surface area contributed by atoms with E-state index in [1.807, 2.05) is 0 Å². The summed E-state index contributed by atoms with van der Waals surface area (Å²) < 4.78 is 2.31. The quantitative estimate of drug-likeness (QED) is 0.757. The summed E-state index contributed by atoms with van der Waals surface area (Å²) in [7, 11) is 2.16. The molecule has 0 saturated carbocycles. The van der Waals surface area contributed by atoms with Crippen LogP contribution < -0.4 is 10.6 Å². The van der Waals surface area contributed by atoms with Crippen LogP contribution in [0.2, 0.25) is 0 Å². The van der Waals surface area contributed by atoms with E-state index in [1.54, 1.807) is 0 Å². The maximum atomic E-state index is 4.76. The average Bonchev–Trinajstić information content (AvgIpc) is 2.99. The number of fused-ring (bicyclic) bond motifs is 2. The van der Waals surface area contributed by atoms with Crippen molar-refractivity contribution in [3.63, 3.8) is 0 Å². The van der Waals surface area contributed by atoms with Crippen LogP contribution in [0.5, 0.6) is 0 Å². The number of nitrogens with zero attached hydrogens (tertiary/aromatic N) is 2. The summed E-state index contributed by atoms with van der Waals surface area (Å²) in [6.45, 7) is 6.77. The molecule has 2 heteroatoms. The lowest BCUT2D eigenvalue weighted by Crippen LogP contribution is -2.27. The molecule has 2 aliphatic heterocycles. The van der Waals surface area contributed by atoms with Gasteiger partial charge in [-0.3, -0.25) is 4.99 Å². The van der Waals surface area contributed by atoms with Gasteiger partial charge in [-0.05, 0) is 38.5 Å². The Morgan fingerprint density at radius 1 is 1.00 bits per heavy atom. The summed E-state index contributed by atoms with van der Waals surface area (Å²) >= 11 is 0. The molecule has 0 N–H and O–H groups in total. The van der Waals surface area contributed by atoms with Crippen LogP contribution in [-0.2, 0) is 5.41 Å². The molecule has 0 radical (unpaired) electrons. The second-order valence-corrected chi connectivity index (χ2v) is 7.20. The molecule has 120 valence electrons. The minimum absolute atomic E-state index is 0.0148. The smallest absolute Gasteiger partial charge is 0.209 e. The Balaban J connectivity index is 1.82. The van der Waals surface area contributed by atoms with Gasteiger partial charge in [0.15, 0.2) is 5.71 Å². The molecular weight excluding hydrogens is 292 g/mol. The van der Waals surface area contributed by atoms with E-state index >= 15 is 0 Å². The molecule has 2 heterocycles. The summed E-state index contributed by atoms with van der Waals surface area (Å²) in [5, 5.41) is 2.37. The first-order valence-electron chi connectivity index (χ1n) is 8.56. The van der Waals surface area contributed by atoms with Crippen LogP contribution in [-0.4, -0.2) is 23.4 Å². The van der Waals surface area contributed by atoms with Gasteiger partial charge in [0, 0.05) is 22.9 Å². The Hall–Kier alpha value is -2.48. The first-order valence-corrected chi connectivity index (χ1v) is 8.56. The maximum Gasteiger partial charge on any atom is 0.209 e. The molecule has 0 spiro atoms. The van der Waals surface area contributed by atoms with Crippen LogP contribution in [0.15, 0.2) is 65.7 Å². The van der Waals surface area contributed by atoms with Crippen molar-refractivity contribution in [3.05, 3.63) is 76.8 Å². The summed E-state index contributed by atoms with van der Waals surface area (Å²) in [6.07, 6.45) is 4.54. The van der Waals surface area contributed by atoms with Crippen molar-refractivity contribution in [3.8, 4) is 0 Å². The van der Waals surface area contributed by atoms with Crippen molar-refractivity contribution < 1.29 is 4.58 Å². The van der Waals surface area contributed by atoms with Crippen LogP contribution in [0.4, 0.5) is 5.69 Å². The van der Waals surface area contributed by atoms with Gasteiger partial charge in [-0.2, -0.15) is 4.58 Å². The molecule has 2 aliphatic rings. The van der Waals surface area contributed by atoms with Gasteiger partial charge in [0.25, 0.3) is 0 Å². The highest BCUT2D eigenvalue weighted by Gasteiger charge is 2.42. The standard InChI is InChI=1S/C22H23N2/c1-15-16(17-9-5-7-11-19(17)23-15)13-14-21-22(2,3)18-10-6-8-12-20(18)24(21)4/h5-15H,1-4H3/q+1/b14-13+. The Morgan fingerprint density at radius 2 is 1.71 bits per heavy atom. The Bertz CT molecular complexity index is 1010. The minimum Gasteiger partial charge on any atom is -0.277 e. The number of rotatable bonds is 2. The first-order chi connectivity index (χ1) is 11.5. The van der Waals surface area contributed by atoms with Crippen molar-refractivity contribution in [2.45, 2.75) is 32.2 Å². The van der Waals surface area contributed by atoms with E-state index in [2.05, 4.69) is 93.1 Å². The lowest BCUT2D eigenvalue weighted by molar-refractivity contribution is -0.401. The minimum atomic E-state index is 0.0148. The molecule has 0 saturated heterocycles. The van der Waals surface area contributed by atoms with Crippen LogP contribution in [0.25, 0.3) is 5.57 Å². The summed E-state index contributed by atoms with van der Waals surface area (Å²) in [6, 6.07) is 17.3. The molecular formula is C22H23N2+. The molecule has 0 fully saturated rings. The third kappa shape index (κ3) is 2.10. The van der Waals surface area contributed by atoms with Gasteiger partial charge in [-0.1, -0.05) is 36.4 Å². The van der Waals surface area contributed by atoms with Crippen molar-refractivity contribution >= 4 is 17.0 Å². The Labute approximate surface area is 143 Å². The van der Waals surface area contributed by atoms with E-state index in [4.69, 9.17) is 4.99 Å². The zero-order valence-electron chi connectivity index (χ0n) is 14.7. The lowest BCUT2D eigenvalue weighted by atomic mass is 9.81. The van der Waals surface area contributed by atoms with E-state index in [1.165, 1.54) is 27.8 Å². The fourth-order valence-corrected chi connectivity index (χ4v) is 4.03. The molecule has 0 aliphatic carbocycles. The van der Waals surface area contributed by atoms with Gasteiger partial charge in [-0.15, -0.1) is 0 Å². The zero-order valence-corrected chi connectivity index (χ0v) is 14.7. The topological polar surface area (TPSA) is 15.4 Å². The van der Waals surface area contributed by atoms with E-state index in [-0.39, 0.29) is 11.5 Å². The van der Waals surface area contributed by atoms with E-state index in [9.17, 15) is 0 Å². The first kappa shape index (κ1) is 15.1. The molecule has 24 heavy (non-hydrogen) atoms.